The normalized spacial score (nSPS) is 20.3. The molecule has 1 aromatic carbocycles. The van der Waals surface area contributed by atoms with Gasteiger partial charge in [-0.25, -0.2) is 0 Å². The lowest BCUT2D eigenvalue weighted by atomic mass is 9.96. The van der Waals surface area contributed by atoms with Crippen LogP contribution in [-0.2, 0) is 4.79 Å². The summed E-state index contributed by atoms with van der Waals surface area (Å²) in [5.41, 5.74) is 1.59. The smallest absolute Gasteiger partial charge is 0.251 e. The average Bonchev–Trinajstić information content (AvgIpc) is 2.58. The fraction of sp³-hybridized carbons (Fsp3) is 0.600. The van der Waals surface area contributed by atoms with Gasteiger partial charge < -0.3 is 10.2 Å². The largest absolute Gasteiger partial charge is 0.349 e. The molecule has 1 aliphatic carbocycles. The summed E-state index contributed by atoms with van der Waals surface area (Å²) < 4.78 is 0. The number of hydrogen-bond acceptors (Lipinski definition) is 2. The molecule has 2 amide bonds. The van der Waals surface area contributed by atoms with E-state index in [1.165, 1.54) is 32.1 Å². The monoisotopic (exact) mass is 328 g/mol. The Morgan fingerprint density at radius 3 is 2.25 bits per heavy atom. The summed E-state index contributed by atoms with van der Waals surface area (Å²) in [6.45, 7) is 0.784. The molecule has 0 unspecified atom stereocenters. The molecule has 0 spiro atoms. The van der Waals surface area contributed by atoms with E-state index in [1.54, 1.807) is 0 Å². The second-order valence-electron chi connectivity index (χ2n) is 7.06. The standard InChI is InChI=1S/C20H28N2O2/c23-19-10-6-7-15-22(19)18-13-11-16(12-14-18)20(24)21-17-8-4-2-1-3-5-9-17/h11-14,17H,1-10,15H2,(H,21,24). The van der Waals surface area contributed by atoms with Crippen LogP contribution in [0.2, 0.25) is 0 Å². The highest BCUT2D eigenvalue weighted by Gasteiger charge is 2.20. The van der Waals surface area contributed by atoms with E-state index in [-0.39, 0.29) is 11.8 Å². The van der Waals surface area contributed by atoms with E-state index in [4.69, 9.17) is 0 Å². The highest BCUT2D eigenvalue weighted by atomic mass is 16.2. The van der Waals surface area contributed by atoms with Crippen LogP contribution >= 0.6 is 0 Å². The van der Waals surface area contributed by atoms with Gasteiger partial charge in [-0.1, -0.05) is 32.1 Å². The van der Waals surface area contributed by atoms with Crippen molar-refractivity contribution >= 4 is 17.5 Å². The number of nitrogens with one attached hydrogen (secondary N) is 1. The molecule has 1 heterocycles. The Labute approximate surface area is 144 Å². The van der Waals surface area contributed by atoms with Crippen LogP contribution in [0.3, 0.4) is 0 Å². The zero-order chi connectivity index (χ0) is 16.8. The molecule has 1 saturated carbocycles. The van der Waals surface area contributed by atoms with Crippen LogP contribution in [0.5, 0.6) is 0 Å². The fourth-order valence-corrected chi connectivity index (χ4v) is 3.74. The van der Waals surface area contributed by atoms with Gasteiger partial charge in [0.15, 0.2) is 0 Å². The molecule has 0 atom stereocenters. The molecule has 3 rings (SSSR count). The minimum atomic E-state index is 0.0112. The van der Waals surface area contributed by atoms with Gasteiger partial charge in [-0.15, -0.1) is 0 Å². The molecule has 1 saturated heterocycles. The minimum absolute atomic E-state index is 0.0112. The Bertz CT molecular complexity index is 560. The molecule has 2 fully saturated rings. The van der Waals surface area contributed by atoms with E-state index < -0.39 is 0 Å². The van der Waals surface area contributed by atoms with Crippen molar-refractivity contribution in [3.63, 3.8) is 0 Å². The molecule has 1 N–H and O–H groups in total. The van der Waals surface area contributed by atoms with Crippen LogP contribution in [0.1, 0.15) is 74.6 Å². The maximum absolute atomic E-state index is 12.5. The first-order valence-electron chi connectivity index (χ1n) is 9.45. The SMILES string of the molecule is O=C(NC1CCCCCCC1)c1ccc(N2CCCCC2=O)cc1. The summed E-state index contributed by atoms with van der Waals surface area (Å²) in [6.07, 6.45) is 11.2. The Kier molecular flexibility index (Phi) is 5.89. The second-order valence-corrected chi connectivity index (χ2v) is 7.06. The second kappa shape index (κ2) is 8.32. The lowest BCUT2D eigenvalue weighted by molar-refractivity contribution is -0.119. The summed E-state index contributed by atoms with van der Waals surface area (Å²) in [4.78, 5) is 26.3. The summed E-state index contributed by atoms with van der Waals surface area (Å²) in [5, 5.41) is 3.19. The van der Waals surface area contributed by atoms with Crippen molar-refractivity contribution in [3.8, 4) is 0 Å². The van der Waals surface area contributed by atoms with Crippen molar-refractivity contribution in [3.05, 3.63) is 29.8 Å². The van der Waals surface area contributed by atoms with E-state index in [9.17, 15) is 9.59 Å². The molecule has 0 radical (unpaired) electrons. The van der Waals surface area contributed by atoms with Gasteiger partial charge in [0.25, 0.3) is 5.91 Å². The molecule has 0 aromatic heterocycles. The third kappa shape index (κ3) is 4.37. The van der Waals surface area contributed by atoms with E-state index >= 15 is 0 Å². The first kappa shape index (κ1) is 17.0. The van der Waals surface area contributed by atoms with E-state index in [1.807, 2.05) is 29.2 Å². The maximum Gasteiger partial charge on any atom is 0.251 e. The van der Waals surface area contributed by atoms with Gasteiger partial charge in [0.2, 0.25) is 5.91 Å². The van der Waals surface area contributed by atoms with Gasteiger partial charge in [0.05, 0.1) is 0 Å². The zero-order valence-electron chi connectivity index (χ0n) is 14.4. The molecule has 2 aliphatic rings. The number of anilines is 1. The lowest BCUT2D eigenvalue weighted by Crippen LogP contribution is -2.36. The van der Waals surface area contributed by atoms with Gasteiger partial charge in [-0.05, 0) is 49.9 Å². The fourth-order valence-electron chi connectivity index (χ4n) is 3.74. The number of carbonyl (C=O) groups excluding carboxylic acids is 2. The van der Waals surface area contributed by atoms with Gasteiger partial charge in [-0.3, -0.25) is 9.59 Å². The highest BCUT2D eigenvalue weighted by Crippen LogP contribution is 2.22. The number of carbonyl (C=O) groups is 2. The molecule has 4 heteroatoms. The van der Waals surface area contributed by atoms with Crippen LogP contribution < -0.4 is 10.2 Å². The maximum atomic E-state index is 12.5. The predicted molar refractivity (Wildman–Crippen MR) is 96.2 cm³/mol. The number of benzene rings is 1. The first-order chi connectivity index (χ1) is 11.7. The highest BCUT2D eigenvalue weighted by molar-refractivity contribution is 5.97. The third-order valence-corrected chi connectivity index (χ3v) is 5.20. The topological polar surface area (TPSA) is 49.4 Å². The van der Waals surface area contributed by atoms with Crippen LogP contribution in [0.4, 0.5) is 5.69 Å². The number of nitrogens with zero attached hydrogens (tertiary/aromatic N) is 1. The Hall–Kier alpha value is -1.84. The summed E-state index contributed by atoms with van der Waals surface area (Å²) >= 11 is 0. The van der Waals surface area contributed by atoms with Gasteiger partial charge >= 0.3 is 0 Å². The molecule has 24 heavy (non-hydrogen) atoms. The van der Waals surface area contributed by atoms with Crippen LogP contribution in [-0.4, -0.2) is 24.4 Å². The zero-order valence-corrected chi connectivity index (χ0v) is 14.4. The van der Waals surface area contributed by atoms with Crippen molar-refractivity contribution in [2.45, 2.75) is 70.3 Å². The summed E-state index contributed by atoms with van der Waals surface area (Å²) in [5.74, 6) is 0.199. The van der Waals surface area contributed by atoms with Crippen LogP contribution in [0.15, 0.2) is 24.3 Å². The van der Waals surface area contributed by atoms with Gasteiger partial charge in [0, 0.05) is 30.3 Å². The molecule has 1 aliphatic heterocycles. The molecule has 130 valence electrons. The number of piperidine rings is 1. The van der Waals surface area contributed by atoms with Gasteiger partial charge in [0.1, 0.15) is 0 Å². The first-order valence-corrected chi connectivity index (χ1v) is 9.45. The Morgan fingerprint density at radius 2 is 1.58 bits per heavy atom. The summed E-state index contributed by atoms with van der Waals surface area (Å²) in [6, 6.07) is 7.79. The molecule has 1 aromatic rings. The number of amides is 2. The number of rotatable bonds is 3. The van der Waals surface area contributed by atoms with Crippen LogP contribution in [0, 0.1) is 0 Å². The average molecular weight is 328 g/mol. The molecular formula is C20H28N2O2. The Balaban J connectivity index is 1.59. The van der Waals surface area contributed by atoms with Crippen molar-refractivity contribution in [2.75, 3.05) is 11.4 Å². The lowest BCUT2D eigenvalue weighted by Gasteiger charge is -2.27. The summed E-state index contributed by atoms with van der Waals surface area (Å²) in [7, 11) is 0. The van der Waals surface area contributed by atoms with Crippen molar-refractivity contribution in [2.24, 2.45) is 0 Å². The van der Waals surface area contributed by atoms with E-state index in [0.717, 1.165) is 37.9 Å². The van der Waals surface area contributed by atoms with Crippen molar-refractivity contribution < 1.29 is 9.59 Å². The quantitative estimate of drug-likeness (QED) is 0.910. The van der Waals surface area contributed by atoms with Crippen LogP contribution in [0.25, 0.3) is 0 Å². The Morgan fingerprint density at radius 1 is 0.917 bits per heavy atom. The van der Waals surface area contributed by atoms with E-state index in [2.05, 4.69) is 5.32 Å². The van der Waals surface area contributed by atoms with Crippen molar-refractivity contribution in [1.82, 2.24) is 5.32 Å². The van der Waals surface area contributed by atoms with E-state index in [0.29, 0.717) is 18.0 Å². The van der Waals surface area contributed by atoms with Gasteiger partial charge in [-0.2, -0.15) is 0 Å². The minimum Gasteiger partial charge on any atom is -0.349 e. The molecular weight excluding hydrogens is 300 g/mol. The predicted octanol–water partition coefficient (Wildman–Crippen LogP) is 4.05. The third-order valence-electron chi connectivity index (χ3n) is 5.20. The number of hydrogen-bond donors (Lipinski definition) is 1. The molecule has 0 bridgehead atoms. The molecule has 4 nitrogen and oxygen atoms in total. The van der Waals surface area contributed by atoms with Crippen molar-refractivity contribution in [1.29, 1.82) is 0 Å².